The molecule has 0 bridgehead atoms. The number of aromatic nitrogens is 1. The summed E-state index contributed by atoms with van der Waals surface area (Å²) < 4.78 is 0. The van der Waals surface area contributed by atoms with Crippen LogP contribution in [-0.2, 0) is 19.2 Å². The third kappa shape index (κ3) is 8.40. The van der Waals surface area contributed by atoms with E-state index in [2.05, 4.69) is 15.6 Å². The number of aliphatic hydroxyl groups excluding tert-OH is 1. The number of rotatable bonds is 10. The highest BCUT2D eigenvalue weighted by Gasteiger charge is 2.44. The first-order valence-electron chi connectivity index (χ1n) is 15.0. The number of aliphatic hydroxyl groups is 1. The molecule has 240 valence electrons. The van der Waals surface area contributed by atoms with Gasteiger partial charge >= 0.3 is 5.97 Å². The maximum Gasteiger partial charge on any atom is 0.317 e. The Labute approximate surface area is 262 Å². The zero-order valence-electron chi connectivity index (χ0n) is 26.1. The molecule has 0 aliphatic carbocycles. The van der Waals surface area contributed by atoms with Crippen LogP contribution in [0.1, 0.15) is 51.4 Å². The lowest BCUT2D eigenvalue weighted by Gasteiger charge is -2.37. The SMILES string of the molecule is Cc1ncsc1-c1ccc([C@H](C)NC(=O)[C@@H]2C[C@@H](O)CN2C(=O)[C@@H](NC(=O)CN2CCN(CC(=O)O)CC2)C(C)(C)C)cc1. The fourth-order valence-corrected chi connectivity index (χ4v) is 6.53. The number of hydrogen-bond acceptors (Lipinski definition) is 9. The topological polar surface area (TPSA) is 155 Å². The van der Waals surface area contributed by atoms with Gasteiger partial charge in [-0.3, -0.25) is 29.0 Å². The number of likely N-dealkylation sites (tertiary alicyclic amines) is 1. The van der Waals surface area contributed by atoms with Gasteiger partial charge in [-0.25, -0.2) is 4.98 Å². The number of nitrogens with one attached hydrogen (secondary N) is 2. The van der Waals surface area contributed by atoms with Gasteiger partial charge in [-0.05, 0) is 30.4 Å². The minimum absolute atomic E-state index is 0.00217. The molecule has 3 heterocycles. The molecular weight excluding hydrogens is 584 g/mol. The molecule has 1 aromatic carbocycles. The number of β-amino-alcohol motifs (C(OH)–C–C–N with tert-alkyl or cyclic N) is 1. The van der Waals surface area contributed by atoms with Gasteiger partial charge in [0.2, 0.25) is 17.7 Å². The van der Waals surface area contributed by atoms with E-state index in [4.69, 9.17) is 5.11 Å². The lowest BCUT2D eigenvalue weighted by molar-refractivity contribution is -0.144. The van der Waals surface area contributed by atoms with E-state index in [0.29, 0.717) is 26.2 Å². The van der Waals surface area contributed by atoms with Gasteiger partial charge in [-0.15, -0.1) is 11.3 Å². The van der Waals surface area contributed by atoms with E-state index in [1.165, 1.54) is 4.90 Å². The molecule has 2 aliphatic heterocycles. The minimum Gasteiger partial charge on any atom is -0.480 e. The molecule has 4 rings (SSSR count). The fourth-order valence-electron chi connectivity index (χ4n) is 5.72. The van der Waals surface area contributed by atoms with Crippen molar-refractivity contribution in [2.75, 3.05) is 45.8 Å². The average Bonchev–Trinajstić information content (AvgIpc) is 3.57. The van der Waals surface area contributed by atoms with Gasteiger partial charge in [0.15, 0.2) is 0 Å². The molecule has 44 heavy (non-hydrogen) atoms. The minimum atomic E-state index is -0.913. The number of amides is 3. The van der Waals surface area contributed by atoms with Crippen LogP contribution in [0.4, 0.5) is 0 Å². The molecule has 0 unspecified atom stereocenters. The summed E-state index contributed by atoms with van der Waals surface area (Å²) in [5, 5.41) is 25.4. The predicted octanol–water partition coefficient (Wildman–Crippen LogP) is 1.49. The number of carbonyl (C=O) groups is 4. The maximum absolute atomic E-state index is 13.9. The highest BCUT2D eigenvalue weighted by molar-refractivity contribution is 7.13. The number of aryl methyl sites for hydroxylation is 1. The molecule has 2 aromatic rings. The quantitative estimate of drug-likeness (QED) is 0.306. The molecule has 0 spiro atoms. The van der Waals surface area contributed by atoms with Crippen LogP contribution in [0.25, 0.3) is 10.4 Å². The van der Waals surface area contributed by atoms with Crippen molar-refractivity contribution in [1.82, 2.24) is 30.3 Å². The van der Waals surface area contributed by atoms with Crippen molar-refractivity contribution in [2.45, 2.75) is 65.3 Å². The van der Waals surface area contributed by atoms with Crippen molar-refractivity contribution in [3.63, 3.8) is 0 Å². The number of carboxylic acid groups (broad SMARTS) is 1. The third-order valence-corrected chi connectivity index (χ3v) is 9.23. The molecular formula is C31H44N6O6S. The van der Waals surface area contributed by atoms with Crippen molar-refractivity contribution < 1.29 is 29.4 Å². The van der Waals surface area contributed by atoms with Crippen LogP contribution in [0.15, 0.2) is 29.8 Å². The molecule has 4 atom stereocenters. The number of benzene rings is 1. The van der Waals surface area contributed by atoms with Crippen LogP contribution in [-0.4, -0.2) is 118 Å². The van der Waals surface area contributed by atoms with Gasteiger partial charge in [0, 0.05) is 39.1 Å². The van der Waals surface area contributed by atoms with E-state index in [0.717, 1.165) is 21.7 Å². The lowest BCUT2D eigenvalue weighted by atomic mass is 9.85. The van der Waals surface area contributed by atoms with Crippen molar-refractivity contribution in [3.05, 3.63) is 41.0 Å². The Kier molecular flexibility index (Phi) is 10.8. The zero-order chi connectivity index (χ0) is 32.2. The molecule has 2 aliphatic rings. The predicted molar refractivity (Wildman–Crippen MR) is 167 cm³/mol. The number of thiazole rings is 1. The summed E-state index contributed by atoms with van der Waals surface area (Å²) in [4.78, 5) is 62.0. The molecule has 0 saturated carbocycles. The monoisotopic (exact) mass is 628 g/mol. The van der Waals surface area contributed by atoms with Crippen molar-refractivity contribution in [1.29, 1.82) is 0 Å². The summed E-state index contributed by atoms with van der Waals surface area (Å²) in [6.07, 6.45) is -0.746. The smallest absolute Gasteiger partial charge is 0.317 e. The second kappa shape index (κ2) is 14.1. The number of hydrogen-bond donors (Lipinski definition) is 4. The summed E-state index contributed by atoms with van der Waals surface area (Å²) in [6, 6.07) is 5.81. The van der Waals surface area contributed by atoms with Gasteiger partial charge in [0.25, 0.3) is 0 Å². The molecule has 2 saturated heterocycles. The lowest BCUT2D eigenvalue weighted by Crippen LogP contribution is -2.59. The van der Waals surface area contributed by atoms with Crippen LogP contribution < -0.4 is 10.6 Å². The number of nitrogens with zero attached hydrogens (tertiary/aromatic N) is 4. The van der Waals surface area contributed by atoms with Crippen LogP contribution in [0.2, 0.25) is 0 Å². The fraction of sp³-hybridized carbons (Fsp3) is 0.581. The Balaban J connectivity index is 1.38. The van der Waals surface area contributed by atoms with E-state index in [1.54, 1.807) is 11.3 Å². The van der Waals surface area contributed by atoms with Gasteiger partial charge in [-0.1, -0.05) is 45.0 Å². The normalized spacial score (nSPS) is 21.1. The second-order valence-corrected chi connectivity index (χ2v) is 13.7. The molecule has 2 fully saturated rings. The van der Waals surface area contributed by atoms with E-state index in [9.17, 15) is 24.3 Å². The zero-order valence-corrected chi connectivity index (χ0v) is 26.9. The first-order valence-corrected chi connectivity index (χ1v) is 15.9. The molecule has 4 N–H and O–H groups in total. The third-order valence-electron chi connectivity index (χ3n) is 8.25. The summed E-state index contributed by atoms with van der Waals surface area (Å²) in [7, 11) is 0. The second-order valence-electron chi connectivity index (χ2n) is 12.8. The van der Waals surface area contributed by atoms with Crippen molar-refractivity contribution in [3.8, 4) is 10.4 Å². The number of carboxylic acids is 1. The summed E-state index contributed by atoms with van der Waals surface area (Å²) in [6.45, 7) is 11.6. The summed E-state index contributed by atoms with van der Waals surface area (Å²) in [5.74, 6) is -1.97. The molecule has 13 heteroatoms. The summed E-state index contributed by atoms with van der Waals surface area (Å²) >= 11 is 1.57. The Morgan fingerprint density at radius 2 is 1.64 bits per heavy atom. The molecule has 1 aromatic heterocycles. The maximum atomic E-state index is 13.9. The van der Waals surface area contributed by atoms with Crippen LogP contribution >= 0.6 is 11.3 Å². The standard InChI is InChI=1S/C31H44N6O6S/c1-19(21-6-8-22(9-7-21)27-20(2)32-18-44-27)33-29(42)24-14-23(38)15-37(24)30(43)28(31(3,4)5)34-25(39)16-35-10-12-36(13-11-35)17-26(40)41/h6-9,18-19,23-24,28,38H,10-17H2,1-5H3,(H,33,42)(H,34,39)(H,40,41)/t19-,23+,24-,28+/m0/s1. The van der Waals surface area contributed by atoms with Gasteiger partial charge < -0.3 is 25.7 Å². The van der Waals surface area contributed by atoms with Gasteiger partial charge in [0.1, 0.15) is 12.1 Å². The van der Waals surface area contributed by atoms with Crippen LogP contribution in [0.3, 0.4) is 0 Å². The van der Waals surface area contributed by atoms with Crippen LogP contribution in [0, 0.1) is 12.3 Å². The Morgan fingerprint density at radius 1 is 1.02 bits per heavy atom. The Morgan fingerprint density at radius 3 is 2.18 bits per heavy atom. The van der Waals surface area contributed by atoms with Gasteiger partial charge in [0.05, 0.1) is 41.3 Å². The van der Waals surface area contributed by atoms with E-state index in [1.807, 2.05) is 74.2 Å². The number of aliphatic carboxylic acids is 1. The average molecular weight is 629 g/mol. The molecule has 3 amide bonds. The summed E-state index contributed by atoms with van der Waals surface area (Å²) in [5.41, 5.74) is 4.08. The highest BCUT2D eigenvalue weighted by atomic mass is 32.1. The van der Waals surface area contributed by atoms with Crippen molar-refractivity contribution in [2.24, 2.45) is 5.41 Å². The first-order chi connectivity index (χ1) is 20.7. The Bertz CT molecular complexity index is 1330. The first kappa shape index (κ1) is 33.5. The molecule has 12 nitrogen and oxygen atoms in total. The largest absolute Gasteiger partial charge is 0.480 e. The molecule has 0 radical (unpaired) electrons. The van der Waals surface area contributed by atoms with E-state index < -0.39 is 35.5 Å². The van der Waals surface area contributed by atoms with Crippen LogP contribution in [0.5, 0.6) is 0 Å². The van der Waals surface area contributed by atoms with E-state index >= 15 is 0 Å². The number of piperazine rings is 1. The van der Waals surface area contributed by atoms with Crippen molar-refractivity contribution >= 4 is 35.0 Å². The highest BCUT2D eigenvalue weighted by Crippen LogP contribution is 2.29. The van der Waals surface area contributed by atoms with E-state index in [-0.39, 0.29) is 43.9 Å². The number of carbonyl (C=O) groups excluding carboxylic acids is 3. The van der Waals surface area contributed by atoms with Gasteiger partial charge in [-0.2, -0.15) is 0 Å². The Hall–Kier alpha value is -3.39.